The molecule has 0 aliphatic heterocycles. The Bertz CT molecular complexity index is 505. The maximum Gasteiger partial charge on any atom is 0.149 e. The standard InChI is InChI=1S/C12H10N2OS2/c13-9-10-2-1-3-11(8-10)15-5-7-17-12-14-4-6-16-12/h1-4,6,8H,5,7H2. The lowest BCUT2D eigenvalue weighted by molar-refractivity contribution is 0.344. The van der Waals surface area contributed by atoms with Crippen molar-refractivity contribution in [3.05, 3.63) is 41.4 Å². The number of nitriles is 1. The molecule has 0 aliphatic rings. The monoisotopic (exact) mass is 262 g/mol. The van der Waals surface area contributed by atoms with Crippen LogP contribution in [0.3, 0.4) is 0 Å². The molecule has 0 aliphatic carbocycles. The molecule has 17 heavy (non-hydrogen) atoms. The van der Waals surface area contributed by atoms with Gasteiger partial charge >= 0.3 is 0 Å². The molecule has 0 fully saturated rings. The molecule has 5 heteroatoms. The molecule has 1 aromatic carbocycles. The number of benzene rings is 1. The van der Waals surface area contributed by atoms with Gasteiger partial charge in [0.25, 0.3) is 0 Å². The normalized spacial score (nSPS) is 9.82. The van der Waals surface area contributed by atoms with Crippen LogP contribution in [-0.4, -0.2) is 17.3 Å². The minimum Gasteiger partial charge on any atom is -0.493 e. The average Bonchev–Trinajstić information content (AvgIpc) is 2.88. The first-order chi connectivity index (χ1) is 8.38. The van der Waals surface area contributed by atoms with E-state index in [1.165, 1.54) is 0 Å². The molecular weight excluding hydrogens is 252 g/mol. The zero-order chi connectivity index (χ0) is 11.9. The number of thioether (sulfide) groups is 1. The minimum absolute atomic E-state index is 0.610. The smallest absolute Gasteiger partial charge is 0.149 e. The molecule has 0 N–H and O–H groups in total. The third-order valence-electron chi connectivity index (χ3n) is 1.95. The van der Waals surface area contributed by atoms with Crippen molar-refractivity contribution in [2.45, 2.75) is 4.34 Å². The zero-order valence-electron chi connectivity index (χ0n) is 9.00. The van der Waals surface area contributed by atoms with Gasteiger partial charge in [0.05, 0.1) is 18.2 Å². The van der Waals surface area contributed by atoms with Crippen LogP contribution >= 0.6 is 23.1 Å². The maximum absolute atomic E-state index is 8.74. The van der Waals surface area contributed by atoms with Crippen molar-refractivity contribution in [1.82, 2.24) is 4.98 Å². The van der Waals surface area contributed by atoms with E-state index >= 15 is 0 Å². The van der Waals surface area contributed by atoms with E-state index in [1.807, 2.05) is 17.5 Å². The first-order valence-corrected chi connectivity index (χ1v) is 6.90. The lowest BCUT2D eigenvalue weighted by Gasteiger charge is -2.04. The Hall–Kier alpha value is -1.51. The molecule has 0 saturated carbocycles. The molecule has 0 saturated heterocycles. The third kappa shape index (κ3) is 3.77. The van der Waals surface area contributed by atoms with Gasteiger partial charge < -0.3 is 4.74 Å². The van der Waals surface area contributed by atoms with Gasteiger partial charge in [0, 0.05) is 17.3 Å². The van der Waals surface area contributed by atoms with Gasteiger partial charge in [-0.2, -0.15) is 5.26 Å². The minimum atomic E-state index is 0.610. The zero-order valence-corrected chi connectivity index (χ0v) is 10.6. The Morgan fingerprint density at radius 2 is 2.41 bits per heavy atom. The molecule has 0 spiro atoms. The molecule has 0 unspecified atom stereocenters. The summed E-state index contributed by atoms with van der Waals surface area (Å²) >= 11 is 3.30. The van der Waals surface area contributed by atoms with Crippen LogP contribution in [0.4, 0.5) is 0 Å². The summed E-state index contributed by atoms with van der Waals surface area (Å²) in [6.07, 6.45) is 1.80. The lowest BCUT2D eigenvalue weighted by atomic mass is 10.2. The van der Waals surface area contributed by atoms with Crippen LogP contribution in [-0.2, 0) is 0 Å². The van der Waals surface area contributed by atoms with Gasteiger partial charge in [0.2, 0.25) is 0 Å². The number of aromatic nitrogens is 1. The highest BCUT2D eigenvalue weighted by molar-refractivity contribution is 8.01. The van der Waals surface area contributed by atoms with Crippen molar-refractivity contribution in [2.24, 2.45) is 0 Å². The van der Waals surface area contributed by atoms with Gasteiger partial charge in [0.1, 0.15) is 10.1 Å². The first-order valence-electron chi connectivity index (χ1n) is 5.04. The predicted molar refractivity (Wildman–Crippen MR) is 69.5 cm³/mol. The highest BCUT2D eigenvalue weighted by Crippen LogP contribution is 2.20. The topological polar surface area (TPSA) is 45.9 Å². The van der Waals surface area contributed by atoms with Gasteiger partial charge in [-0.1, -0.05) is 17.8 Å². The first kappa shape index (κ1) is 12.0. The van der Waals surface area contributed by atoms with E-state index in [-0.39, 0.29) is 0 Å². The van der Waals surface area contributed by atoms with E-state index in [2.05, 4.69) is 11.1 Å². The third-order valence-corrected chi connectivity index (χ3v) is 3.88. The van der Waals surface area contributed by atoms with E-state index in [4.69, 9.17) is 10.00 Å². The van der Waals surface area contributed by atoms with Gasteiger partial charge in [-0.25, -0.2) is 4.98 Å². The van der Waals surface area contributed by atoms with Gasteiger partial charge in [0.15, 0.2) is 0 Å². The Balaban J connectivity index is 1.76. The van der Waals surface area contributed by atoms with Gasteiger partial charge in [-0.15, -0.1) is 11.3 Å². The predicted octanol–water partition coefficient (Wildman–Crippen LogP) is 3.19. The van der Waals surface area contributed by atoms with Crippen molar-refractivity contribution in [2.75, 3.05) is 12.4 Å². The number of rotatable bonds is 5. The summed E-state index contributed by atoms with van der Waals surface area (Å²) in [4.78, 5) is 4.17. The molecular formula is C12H10N2OS2. The number of thiazole rings is 1. The molecule has 86 valence electrons. The van der Waals surface area contributed by atoms with E-state index in [0.717, 1.165) is 15.8 Å². The quantitative estimate of drug-likeness (QED) is 0.613. The Morgan fingerprint density at radius 3 is 3.18 bits per heavy atom. The second-order valence-corrected chi connectivity index (χ2v) is 5.37. The van der Waals surface area contributed by atoms with Crippen molar-refractivity contribution in [3.63, 3.8) is 0 Å². The van der Waals surface area contributed by atoms with Crippen molar-refractivity contribution in [1.29, 1.82) is 5.26 Å². The number of ether oxygens (including phenoxy) is 1. The van der Waals surface area contributed by atoms with Gasteiger partial charge in [-0.3, -0.25) is 0 Å². The summed E-state index contributed by atoms with van der Waals surface area (Å²) in [7, 11) is 0. The Morgan fingerprint density at radius 1 is 1.47 bits per heavy atom. The Labute approximate surface area is 108 Å². The lowest BCUT2D eigenvalue weighted by Crippen LogP contribution is -1.99. The highest BCUT2D eigenvalue weighted by atomic mass is 32.2. The molecule has 2 aromatic rings. The molecule has 0 atom stereocenters. The van der Waals surface area contributed by atoms with Gasteiger partial charge in [-0.05, 0) is 18.2 Å². The van der Waals surface area contributed by atoms with Crippen molar-refractivity contribution < 1.29 is 4.74 Å². The van der Waals surface area contributed by atoms with E-state index in [9.17, 15) is 0 Å². The maximum atomic E-state index is 8.74. The van der Waals surface area contributed by atoms with Crippen molar-refractivity contribution in [3.8, 4) is 11.8 Å². The average molecular weight is 262 g/mol. The molecule has 0 amide bonds. The summed E-state index contributed by atoms with van der Waals surface area (Å²) in [5, 5.41) is 10.7. The highest BCUT2D eigenvalue weighted by Gasteiger charge is 1.98. The van der Waals surface area contributed by atoms with Crippen LogP contribution < -0.4 is 4.74 Å². The van der Waals surface area contributed by atoms with Crippen LogP contribution in [0, 0.1) is 11.3 Å². The van der Waals surface area contributed by atoms with Crippen LogP contribution in [0.15, 0.2) is 40.2 Å². The second kappa shape index (κ2) is 6.28. The fraction of sp³-hybridized carbons (Fsp3) is 0.167. The molecule has 0 radical (unpaired) electrons. The fourth-order valence-electron chi connectivity index (χ4n) is 1.23. The van der Waals surface area contributed by atoms with E-state index in [0.29, 0.717) is 12.2 Å². The molecule has 3 nitrogen and oxygen atoms in total. The van der Waals surface area contributed by atoms with E-state index in [1.54, 1.807) is 41.4 Å². The molecule has 0 bridgehead atoms. The number of hydrogen-bond donors (Lipinski definition) is 0. The van der Waals surface area contributed by atoms with Crippen LogP contribution in [0.5, 0.6) is 5.75 Å². The van der Waals surface area contributed by atoms with Crippen LogP contribution in [0.1, 0.15) is 5.56 Å². The fourth-order valence-corrected chi connectivity index (χ4v) is 2.75. The molecule has 1 aromatic heterocycles. The number of hydrogen-bond acceptors (Lipinski definition) is 5. The van der Waals surface area contributed by atoms with Crippen LogP contribution in [0.2, 0.25) is 0 Å². The summed E-state index contributed by atoms with van der Waals surface area (Å²) in [6.45, 7) is 0.610. The molecule has 1 heterocycles. The SMILES string of the molecule is N#Cc1cccc(OCCSc2nccs2)c1. The van der Waals surface area contributed by atoms with E-state index < -0.39 is 0 Å². The number of nitrogens with zero attached hydrogens (tertiary/aromatic N) is 2. The van der Waals surface area contributed by atoms with Crippen molar-refractivity contribution >= 4 is 23.1 Å². The molecule has 2 rings (SSSR count). The summed E-state index contributed by atoms with van der Waals surface area (Å²) < 4.78 is 6.61. The van der Waals surface area contributed by atoms with Crippen LogP contribution in [0.25, 0.3) is 0 Å². The largest absolute Gasteiger partial charge is 0.493 e. The summed E-state index contributed by atoms with van der Waals surface area (Å²) in [6, 6.07) is 9.27. The summed E-state index contributed by atoms with van der Waals surface area (Å²) in [5.41, 5.74) is 0.620. The Kier molecular flexibility index (Phi) is 4.42. The summed E-state index contributed by atoms with van der Waals surface area (Å²) in [5.74, 6) is 1.59. The second-order valence-electron chi connectivity index (χ2n) is 3.13.